The van der Waals surface area contributed by atoms with Crippen molar-refractivity contribution in [3.8, 4) is 0 Å². The lowest BCUT2D eigenvalue weighted by atomic mass is 10.2. The molecule has 2 rings (SSSR count). The maximum absolute atomic E-state index is 11.8. The van der Waals surface area contributed by atoms with E-state index < -0.39 is 0 Å². The average molecular weight is 187 g/mol. The van der Waals surface area contributed by atoms with Crippen molar-refractivity contribution in [1.82, 2.24) is 14.5 Å². The molecule has 4 nitrogen and oxygen atoms in total. The second-order valence-corrected chi connectivity index (χ2v) is 2.93. The van der Waals surface area contributed by atoms with Crippen LogP contribution in [0.4, 0.5) is 0 Å². The molecular formula is C10H9N3O. The van der Waals surface area contributed by atoms with Gasteiger partial charge in [0.25, 0.3) is 0 Å². The Bertz CT molecular complexity index is 447. The lowest BCUT2D eigenvalue weighted by molar-refractivity contribution is 0.102. The highest BCUT2D eigenvalue weighted by Gasteiger charge is 2.12. The molecule has 0 spiro atoms. The zero-order chi connectivity index (χ0) is 9.97. The highest BCUT2D eigenvalue weighted by Crippen LogP contribution is 2.05. The summed E-state index contributed by atoms with van der Waals surface area (Å²) in [5.74, 6) is 0.358. The van der Waals surface area contributed by atoms with Gasteiger partial charge in [-0.3, -0.25) is 9.78 Å². The van der Waals surface area contributed by atoms with Crippen molar-refractivity contribution in [2.75, 3.05) is 0 Å². The molecule has 0 atom stereocenters. The van der Waals surface area contributed by atoms with Crippen LogP contribution in [0.1, 0.15) is 16.2 Å². The standard InChI is InChI=1S/C10H9N3O/c1-13-7-6-12-10(13)9(14)8-2-4-11-5-3-8/h2-7H,1H3. The van der Waals surface area contributed by atoms with Gasteiger partial charge in [0.1, 0.15) is 0 Å². The number of carbonyl (C=O) groups is 1. The van der Waals surface area contributed by atoms with Crippen molar-refractivity contribution in [2.45, 2.75) is 0 Å². The second kappa shape index (κ2) is 3.41. The van der Waals surface area contributed by atoms with Gasteiger partial charge in [-0.1, -0.05) is 0 Å². The minimum Gasteiger partial charge on any atom is -0.331 e. The molecule has 0 aromatic carbocycles. The van der Waals surface area contributed by atoms with Crippen LogP contribution in [0.2, 0.25) is 0 Å². The summed E-state index contributed by atoms with van der Waals surface area (Å²) >= 11 is 0. The molecule has 0 radical (unpaired) electrons. The van der Waals surface area contributed by atoms with Crippen molar-refractivity contribution in [1.29, 1.82) is 0 Å². The molecule has 0 amide bonds. The van der Waals surface area contributed by atoms with Gasteiger partial charge in [0, 0.05) is 37.4 Å². The molecule has 14 heavy (non-hydrogen) atoms. The molecule has 0 aliphatic heterocycles. The van der Waals surface area contributed by atoms with E-state index in [1.807, 2.05) is 0 Å². The highest BCUT2D eigenvalue weighted by atomic mass is 16.1. The summed E-state index contributed by atoms with van der Waals surface area (Å²) in [5.41, 5.74) is 0.606. The first-order valence-electron chi connectivity index (χ1n) is 4.21. The van der Waals surface area contributed by atoms with Gasteiger partial charge in [0.05, 0.1) is 0 Å². The third-order valence-corrected chi connectivity index (χ3v) is 1.97. The van der Waals surface area contributed by atoms with Gasteiger partial charge in [-0.15, -0.1) is 0 Å². The van der Waals surface area contributed by atoms with Crippen LogP contribution in [0.5, 0.6) is 0 Å². The van der Waals surface area contributed by atoms with E-state index in [4.69, 9.17) is 0 Å². The van der Waals surface area contributed by atoms with Crippen molar-refractivity contribution in [3.63, 3.8) is 0 Å². The van der Waals surface area contributed by atoms with E-state index in [-0.39, 0.29) is 5.78 Å². The number of hydrogen-bond acceptors (Lipinski definition) is 3. The summed E-state index contributed by atoms with van der Waals surface area (Å²) < 4.78 is 1.70. The molecule has 0 aliphatic rings. The van der Waals surface area contributed by atoms with E-state index in [9.17, 15) is 4.79 Å². The van der Waals surface area contributed by atoms with Crippen LogP contribution >= 0.6 is 0 Å². The zero-order valence-electron chi connectivity index (χ0n) is 7.71. The minimum atomic E-state index is -0.0834. The van der Waals surface area contributed by atoms with Crippen LogP contribution in [-0.4, -0.2) is 20.3 Å². The minimum absolute atomic E-state index is 0.0834. The molecule has 0 bridgehead atoms. The molecule has 4 heteroatoms. The molecule has 0 aliphatic carbocycles. The molecule has 70 valence electrons. The first-order chi connectivity index (χ1) is 6.79. The average Bonchev–Trinajstić information content (AvgIpc) is 2.65. The molecule has 2 aromatic rings. The predicted molar refractivity (Wildman–Crippen MR) is 50.9 cm³/mol. The molecular weight excluding hydrogens is 178 g/mol. The lowest BCUT2D eigenvalue weighted by Crippen LogP contribution is -2.08. The van der Waals surface area contributed by atoms with Crippen LogP contribution in [0.15, 0.2) is 36.9 Å². The number of rotatable bonds is 2. The van der Waals surface area contributed by atoms with Gasteiger partial charge >= 0.3 is 0 Å². The summed E-state index contributed by atoms with van der Waals surface area (Å²) in [4.78, 5) is 19.7. The fourth-order valence-corrected chi connectivity index (χ4v) is 1.22. The number of ketones is 1. The van der Waals surface area contributed by atoms with E-state index in [0.29, 0.717) is 11.4 Å². The summed E-state index contributed by atoms with van der Waals surface area (Å²) in [7, 11) is 1.79. The molecule has 0 saturated carbocycles. The summed E-state index contributed by atoms with van der Waals surface area (Å²) in [6.07, 6.45) is 6.54. The molecule has 0 N–H and O–H groups in total. The largest absolute Gasteiger partial charge is 0.331 e. The monoisotopic (exact) mass is 187 g/mol. The number of hydrogen-bond donors (Lipinski definition) is 0. The number of aryl methyl sites for hydroxylation is 1. The number of carbonyl (C=O) groups excluding carboxylic acids is 1. The van der Waals surface area contributed by atoms with E-state index in [0.717, 1.165) is 0 Å². The van der Waals surface area contributed by atoms with E-state index in [1.54, 1.807) is 48.5 Å². The van der Waals surface area contributed by atoms with Crippen LogP contribution in [0, 0.1) is 0 Å². The van der Waals surface area contributed by atoms with Crippen molar-refractivity contribution in [2.24, 2.45) is 7.05 Å². The van der Waals surface area contributed by atoms with E-state index >= 15 is 0 Å². The van der Waals surface area contributed by atoms with Crippen molar-refractivity contribution < 1.29 is 4.79 Å². The van der Waals surface area contributed by atoms with E-state index in [2.05, 4.69) is 9.97 Å². The van der Waals surface area contributed by atoms with Gasteiger partial charge in [-0.2, -0.15) is 0 Å². The highest BCUT2D eigenvalue weighted by molar-refractivity contribution is 6.06. The quantitative estimate of drug-likeness (QED) is 0.660. The van der Waals surface area contributed by atoms with Crippen LogP contribution in [-0.2, 0) is 7.05 Å². The topological polar surface area (TPSA) is 47.8 Å². The Morgan fingerprint density at radius 1 is 1.29 bits per heavy atom. The van der Waals surface area contributed by atoms with Gasteiger partial charge in [0.15, 0.2) is 5.82 Å². The number of imidazole rings is 1. The maximum atomic E-state index is 11.8. The summed E-state index contributed by atoms with van der Waals surface area (Å²) in [5, 5.41) is 0. The van der Waals surface area contributed by atoms with Crippen LogP contribution in [0.3, 0.4) is 0 Å². The predicted octanol–water partition coefficient (Wildman–Crippen LogP) is 1.05. The third-order valence-electron chi connectivity index (χ3n) is 1.97. The first-order valence-corrected chi connectivity index (χ1v) is 4.21. The Morgan fingerprint density at radius 2 is 2.00 bits per heavy atom. The molecule has 2 aromatic heterocycles. The Balaban J connectivity index is 2.39. The maximum Gasteiger partial charge on any atom is 0.228 e. The second-order valence-electron chi connectivity index (χ2n) is 2.93. The molecule has 0 saturated heterocycles. The van der Waals surface area contributed by atoms with Gasteiger partial charge in [-0.25, -0.2) is 4.98 Å². The Labute approximate surface area is 81.2 Å². The Hall–Kier alpha value is -1.97. The van der Waals surface area contributed by atoms with Crippen molar-refractivity contribution in [3.05, 3.63) is 48.3 Å². The number of nitrogens with zero attached hydrogens (tertiary/aromatic N) is 3. The zero-order valence-corrected chi connectivity index (χ0v) is 7.71. The molecule has 2 heterocycles. The normalized spacial score (nSPS) is 10.1. The summed E-state index contributed by atoms with van der Waals surface area (Å²) in [6, 6.07) is 3.36. The number of aromatic nitrogens is 3. The lowest BCUT2D eigenvalue weighted by Gasteiger charge is -1.99. The molecule has 0 unspecified atom stereocenters. The molecule has 0 fully saturated rings. The van der Waals surface area contributed by atoms with Crippen molar-refractivity contribution >= 4 is 5.78 Å². The van der Waals surface area contributed by atoms with Crippen LogP contribution in [0.25, 0.3) is 0 Å². The van der Waals surface area contributed by atoms with Gasteiger partial charge in [0.2, 0.25) is 5.78 Å². The van der Waals surface area contributed by atoms with Crippen LogP contribution < -0.4 is 0 Å². The fraction of sp³-hybridized carbons (Fsp3) is 0.100. The van der Waals surface area contributed by atoms with Gasteiger partial charge < -0.3 is 4.57 Å². The van der Waals surface area contributed by atoms with E-state index in [1.165, 1.54) is 0 Å². The number of pyridine rings is 1. The smallest absolute Gasteiger partial charge is 0.228 e. The third kappa shape index (κ3) is 1.42. The first kappa shape index (κ1) is 8.62. The Morgan fingerprint density at radius 3 is 2.57 bits per heavy atom. The fourth-order valence-electron chi connectivity index (χ4n) is 1.22. The summed E-state index contributed by atoms with van der Waals surface area (Å²) in [6.45, 7) is 0. The SMILES string of the molecule is Cn1ccnc1C(=O)c1ccncc1. The van der Waals surface area contributed by atoms with Gasteiger partial charge in [-0.05, 0) is 12.1 Å². The Kier molecular flexibility index (Phi) is 2.10.